The molecule has 3 rings (SSSR count). The van der Waals surface area contributed by atoms with Crippen LogP contribution >= 0.6 is 11.6 Å². The Morgan fingerprint density at radius 1 is 1.10 bits per heavy atom. The minimum absolute atomic E-state index is 0.265. The summed E-state index contributed by atoms with van der Waals surface area (Å²) in [6.45, 7) is 1.80. The van der Waals surface area contributed by atoms with Gasteiger partial charge in [-0.05, 0) is 37.3 Å². The Hall–Kier alpha value is -2.20. The van der Waals surface area contributed by atoms with Crippen LogP contribution in [-0.2, 0) is 4.79 Å². The Balaban J connectivity index is 1.76. The van der Waals surface area contributed by atoms with Gasteiger partial charge in [-0.1, -0.05) is 29.8 Å². The zero-order valence-corrected chi connectivity index (χ0v) is 12.1. The highest BCUT2D eigenvalue weighted by Gasteiger charge is 2.34. The summed E-state index contributed by atoms with van der Waals surface area (Å²) in [5.41, 5.74) is 0.627. The largest absolute Gasteiger partial charge is 0.482 e. The van der Waals surface area contributed by atoms with E-state index >= 15 is 0 Å². The van der Waals surface area contributed by atoms with Gasteiger partial charge in [0.1, 0.15) is 6.10 Å². The molecule has 2 atom stereocenters. The van der Waals surface area contributed by atoms with Crippen LogP contribution in [0.5, 0.6) is 11.5 Å². The highest BCUT2D eigenvalue weighted by Crippen LogP contribution is 2.33. The van der Waals surface area contributed by atoms with Crippen LogP contribution in [0.4, 0.5) is 5.69 Å². The molecule has 108 valence electrons. The molecule has 0 radical (unpaired) electrons. The van der Waals surface area contributed by atoms with E-state index < -0.39 is 6.10 Å². The monoisotopic (exact) mass is 303 g/mol. The molecule has 21 heavy (non-hydrogen) atoms. The molecule has 2 aromatic rings. The fourth-order valence-electron chi connectivity index (χ4n) is 2.19. The molecule has 0 saturated carbocycles. The molecule has 2 aromatic carbocycles. The molecule has 4 nitrogen and oxygen atoms in total. The van der Waals surface area contributed by atoms with E-state index in [2.05, 4.69) is 5.32 Å². The normalized spacial score (nSPS) is 19.9. The van der Waals surface area contributed by atoms with E-state index in [9.17, 15) is 4.79 Å². The summed E-state index contributed by atoms with van der Waals surface area (Å²) in [4.78, 5) is 12.3. The van der Waals surface area contributed by atoms with Crippen molar-refractivity contribution in [1.82, 2.24) is 0 Å². The second-order valence-electron chi connectivity index (χ2n) is 4.81. The van der Waals surface area contributed by atoms with Crippen molar-refractivity contribution in [3.8, 4) is 11.5 Å². The van der Waals surface area contributed by atoms with E-state index in [1.54, 1.807) is 37.3 Å². The lowest BCUT2D eigenvalue weighted by atomic mass is 10.1. The van der Waals surface area contributed by atoms with Gasteiger partial charge in [-0.15, -0.1) is 0 Å². The van der Waals surface area contributed by atoms with Gasteiger partial charge in [-0.2, -0.15) is 0 Å². The molecule has 0 spiro atoms. The molecule has 1 amide bonds. The maximum atomic E-state index is 12.3. The van der Waals surface area contributed by atoms with Gasteiger partial charge < -0.3 is 14.8 Å². The Bertz CT molecular complexity index is 674. The van der Waals surface area contributed by atoms with Crippen molar-refractivity contribution in [2.45, 2.75) is 19.1 Å². The number of hydrogen-bond acceptors (Lipinski definition) is 3. The highest BCUT2D eigenvalue weighted by molar-refractivity contribution is 6.30. The number of anilines is 1. The topological polar surface area (TPSA) is 47.6 Å². The third-order valence-electron chi connectivity index (χ3n) is 3.19. The summed E-state index contributed by atoms with van der Waals surface area (Å²) in [5, 5.41) is 3.35. The average molecular weight is 304 g/mol. The molecule has 5 heteroatoms. The first kappa shape index (κ1) is 13.8. The maximum absolute atomic E-state index is 12.3. The number of hydrogen-bond donors (Lipinski definition) is 1. The van der Waals surface area contributed by atoms with Crippen LogP contribution in [0.25, 0.3) is 0 Å². The van der Waals surface area contributed by atoms with E-state index in [0.717, 1.165) is 0 Å². The number of benzene rings is 2. The lowest BCUT2D eigenvalue weighted by Crippen LogP contribution is -2.46. The number of fused-ring (bicyclic) bond motifs is 1. The standard InChI is InChI=1S/C16H14ClNO3/c1-10-15(21-14-8-3-2-7-13(14)20-10)16(19)18-12-6-4-5-11(17)9-12/h2-10,15H,1H3,(H,18,19). The first-order valence-corrected chi connectivity index (χ1v) is 7.00. The van der Waals surface area contributed by atoms with Crippen molar-refractivity contribution >= 4 is 23.2 Å². The van der Waals surface area contributed by atoms with Crippen LogP contribution in [0.3, 0.4) is 0 Å². The summed E-state index contributed by atoms with van der Waals surface area (Å²) < 4.78 is 11.5. The average Bonchev–Trinajstić information content (AvgIpc) is 2.46. The SMILES string of the molecule is CC1Oc2ccccc2OC1C(=O)Nc1cccc(Cl)c1. The Morgan fingerprint density at radius 3 is 2.52 bits per heavy atom. The number of para-hydroxylation sites is 2. The van der Waals surface area contributed by atoms with Crippen LogP contribution in [0.15, 0.2) is 48.5 Å². The predicted octanol–water partition coefficient (Wildman–Crippen LogP) is 3.51. The van der Waals surface area contributed by atoms with Gasteiger partial charge in [0.05, 0.1) is 0 Å². The van der Waals surface area contributed by atoms with E-state index in [4.69, 9.17) is 21.1 Å². The van der Waals surface area contributed by atoms with Gasteiger partial charge in [-0.3, -0.25) is 4.79 Å². The number of amides is 1. The second kappa shape index (κ2) is 5.66. The maximum Gasteiger partial charge on any atom is 0.269 e. The fraction of sp³-hybridized carbons (Fsp3) is 0.188. The molecule has 1 heterocycles. The third kappa shape index (κ3) is 2.95. The Kier molecular flexibility index (Phi) is 3.71. The molecule has 0 fully saturated rings. The lowest BCUT2D eigenvalue weighted by Gasteiger charge is -2.31. The van der Waals surface area contributed by atoms with Crippen LogP contribution in [0, 0.1) is 0 Å². The van der Waals surface area contributed by atoms with Gasteiger partial charge in [0.2, 0.25) is 6.10 Å². The molecule has 0 aliphatic carbocycles. The molecule has 2 unspecified atom stereocenters. The predicted molar refractivity (Wildman–Crippen MR) is 81.0 cm³/mol. The van der Waals surface area contributed by atoms with Crippen molar-refractivity contribution in [2.75, 3.05) is 5.32 Å². The van der Waals surface area contributed by atoms with E-state index in [1.165, 1.54) is 0 Å². The highest BCUT2D eigenvalue weighted by atomic mass is 35.5. The number of carbonyl (C=O) groups excluding carboxylic acids is 1. The van der Waals surface area contributed by atoms with Crippen molar-refractivity contribution in [2.24, 2.45) is 0 Å². The zero-order valence-electron chi connectivity index (χ0n) is 11.4. The number of halogens is 1. The Morgan fingerprint density at radius 2 is 1.81 bits per heavy atom. The number of nitrogens with one attached hydrogen (secondary N) is 1. The molecule has 1 N–H and O–H groups in total. The number of carbonyl (C=O) groups is 1. The lowest BCUT2D eigenvalue weighted by molar-refractivity contribution is -0.128. The van der Waals surface area contributed by atoms with E-state index in [1.807, 2.05) is 18.2 Å². The van der Waals surface area contributed by atoms with Crippen molar-refractivity contribution in [1.29, 1.82) is 0 Å². The van der Waals surface area contributed by atoms with Crippen LogP contribution in [0.1, 0.15) is 6.92 Å². The van der Waals surface area contributed by atoms with Crippen LogP contribution in [-0.4, -0.2) is 18.1 Å². The number of ether oxygens (including phenoxy) is 2. The summed E-state index contributed by atoms with van der Waals surface area (Å²) in [6.07, 6.45) is -1.09. The minimum atomic E-state index is -0.709. The summed E-state index contributed by atoms with van der Waals surface area (Å²) in [6, 6.07) is 14.3. The van der Waals surface area contributed by atoms with Crippen molar-refractivity contribution in [3.63, 3.8) is 0 Å². The van der Waals surface area contributed by atoms with E-state index in [0.29, 0.717) is 22.2 Å². The third-order valence-corrected chi connectivity index (χ3v) is 3.43. The molecule has 1 aliphatic rings. The molecular weight excluding hydrogens is 290 g/mol. The van der Waals surface area contributed by atoms with Gasteiger partial charge >= 0.3 is 0 Å². The molecular formula is C16H14ClNO3. The molecule has 1 aliphatic heterocycles. The first-order chi connectivity index (χ1) is 10.1. The minimum Gasteiger partial charge on any atom is -0.482 e. The summed E-state index contributed by atoms with van der Waals surface area (Å²) >= 11 is 5.90. The number of rotatable bonds is 2. The van der Waals surface area contributed by atoms with Gasteiger partial charge in [-0.25, -0.2) is 0 Å². The molecule has 0 aromatic heterocycles. The van der Waals surface area contributed by atoms with Gasteiger partial charge in [0.25, 0.3) is 5.91 Å². The van der Waals surface area contributed by atoms with Crippen LogP contribution < -0.4 is 14.8 Å². The first-order valence-electron chi connectivity index (χ1n) is 6.62. The van der Waals surface area contributed by atoms with Gasteiger partial charge in [0.15, 0.2) is 11.5 Å². The summed E-state index contributed by atoms with van der Waals surface area (Å²) in [7, 11) is 0. The van der Waals surface area contributed by atoms with Crippen LogP contribution in [0.2, 0.25) is 5.02 Å². The smallest absolute Gasteiger partial charge is 0.269 e. The molecule has 0 bridgehead atoms. The van der Waals surface area contributed by atoms with E-state index in [-0.39, 0.29) is 12.0 Å². The fourth-order valence-corrected chi connectivity index (χ4v) is 2.38. The second-order valence-corrected chi connectivity index (χ2v) is 5.24. The molecule has 0 saturated heterocycles. The quantitative estimate of drug-likeness (QED) is 0.923. The van der Waals surface area contributed by atoms with Crippen molar-refractivity contribution in [3.05, 3.63) is 53.6 Å². The van der Waals surface area contributed by atoms with Crippen molar-refractivity contribution < 1.29 is 14.3 Å². The Labute approximate surface area is 127 Å². The zero-order chi connectivity index (χ0) is 14.8. The van der Waals surface area contributed by atoms with Gasteiger partial charge in [0, 0.05) is 10.7 Å². The summed E-state index contributed by atoms with van der Waals surface area (Å²) in [5.74, 6) is 0.956.